The van der Waals surface area contributed by atoms with Gasteiger partial charge in [0.15, 0.2) is 5.69 Å². The maximum Gasteiger partial charge on any atom is 0.272 e. The van der Waals surface area contributed by atoms with Crippen LogP contribution in [0.4, 0.5) is 4.39 Å². The molecule has 1 aliphatic heterocycles. The fourth-order valence-electron chi connectivity index (χ4n) is 2.97. The predicted octanol–water partition coefficient (Wildman–Crippen LogP) is 2.02. The van der Waals surface area contributed by atoms with Gasteiger partial charge in [-0.1, -0.05) is 6.07 Å². The number of rotatable bonds is 6. The molecule has 8 nitrogen and oxygen atoms in total. The first-order valence-electron chi connectivity index (χ1n) is 9.20. The van der Waals surface area contributed by atoms with Gasteiger partial charge in [-0.3, -0.25) is 4.79 Å². The van der Waals surface area contributed by atoms with Crippen LogP contribution in [0.15, 0.2) is 52.9 Å². The summed E-state index contributed by atoms with van der Waals surface area (Å²) in [6, 6.07) is 10.7. The largest absolute Gasteiger partial charge is 0.379 e. The van der Waals surface area contributed by atoms with E-state index in [2.05, 4.69) is 10.4 Å². The van der Waals surface area contributed by atoms with Crippen molar-refractivity contribution in [3.63, 3.8) is 0 Å². The number of ether oxygens (including phenoxy) is 1. The first kappa shape index (κ1) is 20.7. The predicted molar refractivity (Wildman–Crippen MR) is 109 cm³/mol. The zero-order valence-corrected chi connectivity index (χ0v) is 17.5. The minimum absolute atomic E-state index is 0.176. The smallest absolute Gasteiger partial charge is 0.272 e. The van der Waals surface area contributed by atoms with Crippen molar-refractivity contribution in [3.05, 3.63) is 65.0 Å². The zero-order valence-electron chi connectivity index (χ0n) is 15.8. The standard InChI is InChI=1S/C19H19FN4O4S2/c20-14-2-1-3-15(12-14)24-7-6-17(22-24)19(25)21-13-16-4-5-18(29-16)30(26,27)23-8-10-28-11-9-23/h1-7,12H,8-11,13H2,(H,21,25). The maximum absolute atomic E-state index is 13.4. The molecule has 0 aliphatic carbocycles. The molecular formula is C19H19FN4O4S2. The monoisotopic (exact) mass is 450 g/mol. The summed E-state index contributed by atoms with van der Waals surface area (Å²) >= 11 is 1.12. The fraction of sp³-hybridized carbons (Fsp3) is 0.263. The lowest BCUT2D eigenvalue weighted by atomic mass is 10.3. The van der Waals surface area contributed by atoms with Crippen LogP contribution in [0.2, 0.25) is 0 Å². The SMILES string of the molecule is O=C(NCc1ccc(S(=O)(=O)N2CCOCC2)s1)c1ccn(-c2cccc(F)c2)n1. The van der Waals surface area contributed by atoms with Crippen molar-refractivity contribution in [2.24, 2.45) is 0 Å². The van der Waals surface area contributed by atoms with Crippen LogP contribution in [0.5, 0.6) is 0 Å². The molecule has 2 aromatic heterocycles. The molecule has 0 saturated carbocycles. The van der Waals surface area contributed by atoms with E-state index in [-0.39, 0.29) is 16.4 Å². The number of carbonyl (C=O) groups excluding carboxylic acids is 1. The third-order valence-corrected chi connectivity index (χ3v) is 7.97. The van der Waals surface area contributed by atoms with Gasteiger partial charge in [-0.15, -0.1) is 11.3 Å². The lowest BCUT2D eigenvalue weighted by molar-refractivity contribution is 0.0731. The summed E-state index contributed by atoms with van der Waals surface area (Å²) in [6.07, 6.45) is 1.57. The molecule has 3 aromatic rings. The van der Waals surface area contributed by atoms with Crippen LogP contribution in [-0.4, -0.2) is 54.7 Å². The fourth-order valence-corrected chi connectivity index (χ4v) is 5.83. The molecule has 3 heterocycles. The van der Waals surface area contributed by atoms with Gasteiger partial charge in [0, 0.05) is 24.2 Å². The van der Waals surface area contributed by atoms with Crippen LogP contribution in [0, 0.1) is 5.82 Å². The minimum Gasteiger partial charge on any atom is -0.379 e. The Hall–Kier alpha value is -2.60. The molecule has 0 radical (unpaired) electrons. The molecule has 158 valence electrons. The molecule has 0 unspecified atom stereocenters. The van der Waals surface area contributed by atoms with E-state index >= 15 is 0 Å². The third-order valence-electron chi connectivity index (χ3n) is 4.52. The number of aromatic nitrogens is 2. The number of nitrogens with one attached hydrogen (secondary N) is 1. The topological polar surface area (TPSA) is 93.5 Å². The normalized spacial score (nSPS) is 15.2. The number of hydrogen-bond acceptors (Lipinski definition) is 6. The van der Waals surface area contributed by atoms with Crippen molar-refractivity contribution in [3.8, 4) is 5.69 Å². The number of carbonyl (C=O) groups is 1. The number of benzene rings is 1. The lowest BCUT2D eigenvalue weighted by Gasteiger charge is -2.25. The van der Waals surface area contributed by atoms with Crippen LogP contribution >= 0.6 is 11.3 Å². The molecule has 1 amide bonds. The Balaban J connectivity index is 1.39. The van der Waals surface area contributed by atoms with E-state index in [4.69, 9.17) is 4.74 Å². The first-order valence-corrected chi connectivity index (χ1v) is 11.5. The summed E-state index contributed by atoms with van der Waals surface area (Å²) in [5, 5.41) is 6.90. The Kier molecular flexibility index (Phi) is 5.95. The summed E-state index contributed by atoms with van der Waals surface area (Å²) in [5.41, 5.74) is 0.683. The first-order chi connectivity index (χ1) is 14.4. The number of amides is 1. The molecule has 1 aliphatic rings. The molecule has 11 heteroatoms. The van der Waals surface area contributed by atoms with Crippen molar-refractivity contribution in [1.29, 1.82) is 0 Å². The van der Waals surface area contributed by atoms with E-state index < -0.39 is 21.7 Å². The number of hydrogen-bond donors (Lipinski definition) is 1. The number of sulfonamides is 1. The quantitative estimate of drug-likeness (QED) is 0.620. The van der Waals surface area contributed by atoms with Crippen LogP contribution in [0.3, 0.4) is 0 Å². The van der Waals surface area contributed by atoms with Crippen molar-refractivity contribution < 1.29 is 22.3 Å². The molecule has 4 rings (SSSR count). The van der Waals surface area contributed by atoms with Gasteiger partial charge in [-0.25, -0.2) is 17.5 Å². The molecular weight excluding hydrogens is 431 g/mol. The van der Waals surface area contributed by atoms with Gasteiger partial charge < -0.3 is 10.1 Å². The average Bonchev–Trinajstić information content (AvgIpc) is 3.43. The van der Waals surface area contributed by atoms with Crippen molar-refractivity contribution in [2.75, 3.05) is 26.3 Å². The number of morpholine rings is 1. The van der Waals surface area contributed by atoms with Crippen molar-refractivity contribution >= 4 is 27.3 Å². The molecule has 0 atom stereocenters. The lowest BCUT2D eigenvalue weighted by Crippen LogP contribution is -2.40. The molecule has 0 spiro atoms. The van der Waals surface area contributed by atoms with Gasteiger partial charge in [0.25, 0.3) is 15.9 Å². The molecule has 1 saturated heterocycles. The second kappa shape index (κ2) is 8.64. The maximum atomic E-state index is 13.4. The molecule has 30 heavy (non-hydrogen) atoms. The summed E-state index contributed by atoms with van der Waals surface area (Å²) in [7, 11) is -3.55. The highest BCUT2D eigenvalue weighted by atomic mass is 32.2. The van der Waals surface area contributed by atoms with Gasteiger partial charge in [-0.2, -0.15) is 9.40 Å². The van der Waals surface area contributed by atoms with E-state index in [1.54, 1.807) is 30.5 Å². The number of halogens is 1. The Morgan fingerprint density at radius 2 is 2.00 bits per heavy atom. The second-order valence-electron chi connectivity index (χ2n) is 6.55. The van der Waals surface area contributed by atoms with Gasteiger partial charge in [-0.05, 0) is 36.4 Å². The summed E-state index contributed by atoms with van der Waals surface area (Å²) < 4.78 is 47.0. The van der Waals surface area contributed by atoms with Gasteiger partial charge in [0.2, 0.25) is 0 Å². The molecule has 1 aromatic carbocycles. The highest BCUT2D eigenvalue weighted by molar-refractivity contribution is 7.91. The van der Waals surface area contributed by atoms with Crippen LogP contribution in [0.25, 0.3) is 5.69 Å². The molecule has 0 bridgehead atoms. The summed E-state index contributed by atoms with van der Waals surface area (Å²) in [5.74, 6) is -0.800. The zero-order chi connectivity index (χ0) is 21.1. The Bertz CT molecular complexity index is 1150. The summed E-state index contributed by atoms with van der Waals surface area (Å²) in [4.78, 5) is 13.1. The Labute approximate surface area is 176 Å². The molecule has 1 N–H and O–H groups in total. The second-order valence-corrected chi connectivity index (χ2v) is 9.88. The highest BCUT2D eigenvalue weighted by Crippen LogP contribution is 2.25. The number of nitrogens with zero attached hydrogens (tertiary/aromatic N) is 3. The van der Waals surface area contributed by atoms with E-state index in [0.717, 1.165) is 11.3 Å². The summed E-state index contributed by atoms with van der Waals surface area (Å²) in [6.45, 7) is 1.61. The van der Waals surface area contributed by atoms with Crippen LogP contribution in [0.1, 0.15) is 15.4 Å². The Morgan fingerprint density at radius 3 is 2.77 bits per heavy atom. The van der Waals surface area contributed by atoms with Crippen LogP contribution in [-0.2, 0) is 21.3 Å². The third kappa shape index (κ3) is 4.43. The number of thiophene rings is 1. The van der Waals surface area contributed by atoms with E-state index in [0.29, 0.717) is 36.9 Å². The van der Waals surface area contributed by atoms with Crippen molar-refractivity contribution in [1.82, 2.24) is 19.4 Å². The van der Waals surface area contributed by atoms with Gasteiger partial charge in [0.1, 0.15) is 10.0 Å². The molecule has 1 fully saturated rings. The van der Waals surface area contributed by atoms with E-state index in [1.165, 1.54) is 27.2 Å². The van der Waals surface area contributed by atoms with E-state index in [1.807, 2.05) is 0 Å². The Morgan fingerprint density at radius 1 is 1.20 bits per heavy atom. The van der Waals surface area contributed by atoms with Crippen molar-refractivity contribution in [2.45, 2.75) is 10.8 Å². The van der Waals surface area contributed by atoms with Gasteiger partial charge in [0.05, 0.1) is 25.4 Å². The van der Waals surface area contributed by atoms with Gasteiger partial charge >= 0.3 is 0 Å². The van der Waals surface area contributed by atoms with Crippen LogP contribution < -0.4 is 5.32 Å². The average molecular weight is 451 g/mol. The highest BCUT2D eigenvalue weighted by Gasteiger charge is 2.27. The van der Waals surface area contributed by atoms with E-state index in [9.17, 15) is 17.6 Å². The minimum atomic E-state index is -3.55.